The van der Waals surface area contributed by atoms with E-state index in [-0.39, 0.29) is 0 Å². The number of halogens is 2. The zero-order valence-electron chi connectivity index (χ0n) is 8.59. The summed E-state index contributed by atoms with van der Waals surface area (Å²) in [5.74, 6) is 0. The Morgan fingerprint density at radius 1 is 1.12 bits per heavy atom. The Kier molecular flexibility index (Phi) is 3.36. The fraction of sp³-hybridized carbons (Fsp3) is 0.0909. The Balaban J connectivity index is 2.35. The van der Waals surface area contributed by atoms with Crippen molar-refractivity contribution in [2.45, 2.75) is 6.42 Å². The maximum Gasteiger partial charge on any atom is 0.325 e. The molecule has 0 radical (unpaired) electrons. The van der Waals surface area contributed by atoms with Crippen LogP contribution < -0.4 is 11.2 Å². The lowest BCUT2D eigenvalue weighted by atomic mass is 10.1. The Hall–Kier alpha value is -1.52. The number of aromatic nitrogens is 2. The summed E-state index contributed by atoms with van der Waals surface area (Å²) in [4.78, 5) is 26.9. The number of hydrogen-bond acceptors (Lipinski definition) is 2. The van der Waals surface area contributed by atoms with Crippen LogP contribution in [-0.4, -0.2) is 9.97 Å². The Morgan fingerprint density at radius 3 is 2.53 bits per heavy atom. The predicted molar refractivity (Wildman–Crippen MR) is 67.0 cm³/mol. The third-order valence-corrected chi connectivity index (χ3v) is 3.01. The van der Waals surface area contributed by atoms with Crippen molar-refractivity contribution in [2.75, 3.05) is 0 Å². The number of aromatic amines is 2. The monoisotopic (exact) mass is 270 g/mol. The summed E-state index contributed by atoms with van der Waals surface area (Å²) in [5.41, 5.74) is 0.382. The van der Waals surface area contributed by atoms with Crippen LogP contribution >= 0.6 is 23.2 Å². The van der Waals surface area contributed by atoms with Crippen LogP contribution in [0.4, 0.5) is 0 Å². The number of rotatable bonds is 2. The van der Waals surface area contributed by atoms with Gasteiger partial charge in [0.15, 0.2) is 0 Å². The maximum absolute atomic E-state index is 11.5. The van der Waals surface area contributed by atoms with Gasteiger partial charge >= 0.3 is 5.69 Å². The molecule has 1 heterocycles. The molecule has 0 bridgehead atoms. The summed E-state index contributed by atoms with van der Waals surface area (Å²) >= 11 is 11.7. The van der Waals surface area contributed by atoms with Crippen molar-refractivity contribution in [2.24, 2.45) is 0 Å². The maximum atomic E-state index is 11.5. The van der Waals surface area contributed by atoms with Gasteiger partial charge in [0.2, 0.25) is 0 Å². The third-order valence-electron chi connectivity index (χ3n) is 2.27. The van der Waals surface area contributed by atoms with E-state index in [2.05, 4.69) is 9.97 Å². The van der Waals surface area contributed by atoms with Crippen molar-refractivity contribution >= 4 is 23.2 Å². The highest BCUT2D eigenvalue weighted by Gasteiger charge is 2.04. The quantitative estimate of drug-likeness (QED) is 0.876. The second kappa shape index (κ2) is 4.77. The van der Waals surface area contributed by atoms with E-state index < -0.39 is 11.2 Å². The fourth-order valence-electron chi connectivity index (χ4n) is 1.44. The summed E-state index contributed by atoms with van der Waals surface area (Å²) in [6, 6.07) is 5.13. The van der Waals surface area contributed by atoms with E-state index in [9.17, 15) is 9.59 Å². The van der Waals surface area contributed by atoms with Gasteiger partial charge in [0, 0.05) is 18.2 Å². The SMILES string of the molecule is O=c1[nH]cc(Cc2ccc(Cl)c(Cl)c2)c(=O)[nH]1. The number of H-pyrrole nitrogens is 2. The molecule has 2 aromatic rings. The first-order valence-electron chi connectivity index (χ1n) is 4.81. The standard InChI is InChI=1S/C11H8Cl2N2O2/c12-8-2-1-6(4-9(8)13)3-7-5-14-11(17)15-10(7)16/h1-2,4-5H,3H2,(H2,14,15,16,17). The molecule has 0 saturated heterocycles. The molecule has 0 atom stereocenters. The highest BCUT2D eigenvalue weighted by atomic mass is 35.5. The smallest absolute Gasteiger partial charge is 0.314 e. The molecule has 0 amide bonds. The lowest BCUT2D eigenvalue weighted by Crippen LogP contribution is -2.24. The molecule has 4 nitrogen and oxygen atoms in total. The molecule has 88 valence electrons. The molecular weight excluding hydrogens is 263 g/mol. The van der Waals surface area contributed by atoms with Crippen molar-refractivity contribution < 1.29 is 0 Å². The summed E-state index contributed by atoms with van der Waals surface area (Å²) < 4.78 is 0. The van der Waals surface area contributed by atoms with Crippen molar-refractivity contribution in [3.63, 3.8) is 0 Å². The van der Waals surface area contributed by atoms with Gasteiger partial charge in [0.05, 0.1) is 10.0 Å². The average molecular weight is 271 g/mol. The lowest BCUT2D eigenvalue weighted by Gasteiger charge is -2.02. The molecule has 0 fully saturated rings. The van der Waals surface area contributed by atoms with Gasteiger partial charge in [0.25, 0.3) is 5.56 Å². The van der Waals surface area contributed by atoms with Crippen LogP contribution in [0.25, 0.3) is 0 Å². The van der Waals surface area contributed by atoms with Crippen LogP contribution in [-0.2, 0) is 6.42 Å². The lowest BCUT2D eigenvalue weighted by molar-refractivity contribution is 0.975. The Bertz CT molecular complexity index is 661. The zero-order chi connectivity index (χ0) is 12.4. The fourth-order valence-corrected chi connectivity index (χ4v) is 1.76. The highest BCUT2D eigenvalue weighted by Crippen LogP contribution is 2.23. The Morgan fingerprint density at radius 2 is 1.88 bits per heavy atom. The average Bonchev–Trinajstić information content (AvgIpc) is 2.27. The van der Waals surface area contributed by atoms with Gasteiger partial charge in [-0.3, -0.25) is 9.78 Å². The molecular formula is C11H8Cl2N2O2. The Labute approximate surface area is 106 Å². The van der Waals surface area contributed by atoms with Gasteiger partial charge in [-0.05, 0) is 17.7 Å². The number of nitrogens with one attached hydrogen (secondary N) is 2. The van der Waals surface area contributed by atoms with Gasteiger partial charge < -0.3 is 4.98 Å². The summed E-state index contributed by atoms with van der Waals surface area (Å²) in [6.45, 7) is 0. The minimum Gasteiger partial charge on any atom is -0.314 e. The van der Waals surface area contributed by atoms with E-state index in [4.69, 9.17) is 23.2 Å². The van der Waals surface area contributed by atoms with E-state index >= 15 is 0 Å². The molecule has 0 unspecified atom stereocenters. The van der Waals surface area contributed by atoms with Crippen LogP contribution in [0, 0.1) is 0 Å². The molecule has 6 heteroatoms. The molecule has 0 aliphatic rings. The van der Waals surface area contributed by atoms with Gasteiger partial charge in [-0.15, -0.1) is 0 Å². The van der Waals surface area contributed by atoms with E-state index in [0.717, 1.165) is 5.56 Å². The molecule has 1 aromatic heterocycles. The molecule has 2 rings (SSSR count). The van der Waals surface area contributed by atoms with Crippen molar-refractivity contribution in [1.29, 1.82) is 0 Å². The van der Waals surface area contributed by atoms with Crippen molar-refractivity contribution in [3.8, 4) is 0 Å². The summed E-state index contributed by atoms with van der Waals surface area (Å²) in [5, 5.41) is 0.899. The van der Waals surface area contributed by atoms with Crippen LogP contribution in [0.1, 0.15) is 11.1 Å². The minimum absolute atomic E-state index is 0.378. The van der Waals surface area contributed by atoms with Crippen molar-refractivity contribution in [3.05, 3.63) is 66.4 Å². The highest BCUT2D eigenvalue weighted by molar-refractivity contribution is 6.42. The second-order valence-electron chi connectivity index (χ2n) is 3.52. The van der Waals surface area contributed by atoms with Gasteiger partial charge in [-0.25, -0.2) is 4.79 Å². The molecule has 0 aliphatic heterocycles. The molecule has 17 heavy (non-hydrogen) atoms. The topological polar surface area (TPSA) is 65.7 Å². The van der Waals surface area contributed by atoms with Crippen LogP contribution in [0.3, 0.4) is 0 Å². The molecule has 0 spiro atoms. The first kappa shape index (κ1) is 12.0. The van der Waals surface area contributed by atoms with Gasteiger partial charge in [0.1, 0.15) is 0 Å². The van der Waals surface area contributed by atoms with E-state index in [1.165, 1.54) is 6.20 Å². The normalized spacial score (nSPS) is 10.5. The van der Waals surface area contributed by atoms with Crippen LogP contribution in [0.15, 0.2) is 34.0 Å². The summed E-state index contributed by atoms with van der Waals surface area (Å²) in [6.07, 6.45) is 1.77. The number of hydrogen-bond donors (Lipinski definition) is 2. The largest absolute Gasteiger partial charge is 0.325 e. The number of benzene rings is 1. The zero-order valence-corrected chi connectivity index (χ0v) is 10.1. The van der Waals surface area contributed by atoms with Crippen LogP contribution in [0.5, 0.6) is 0 Å². The van der Waals surface area contributed by atoms with E-state index in [1.54, 1.807) is 18.2 Å². The molecule has 1 aromatic carbocycles. The molecule has 2 N–H and O–H groups in total. The first-order valence-corrected chi connectivity index (χ1v) is 5.56. The third kappa shape index (κ3) is 2.78. The second-order valence-corrected chi connectivity index (χ2v) is 4.34. The van der Waals surface area contributed by atoms with Crippen LogP contribution in [0.2, 0.25) is 10.0 Å². The predicted octanol–water partition coefficient (Wildman–Crippen LogP) is 1.96. The minimum atomic E-state index is -0.520. The van der Waals surface area contributed by atoms with Crippen molar-refractivity contribution in [1.82, 2.24) is 9.97 Å². The molecule has 0 aliphatic carbocycles. The molecule has 0 saturated carbocycles. The van der Waals surface area contributed by atoms with Gasteiger partial charge in [-0.2, -0.15) is 0 Å². The summed E-state index contributed by atoms with van der Waals surface area (Å²) in [7, 11) is 0. The van der Waals surface area contributed by atoms with E-state index in [0.29, 0.717) is 22.0 Å². The van der Waals surface area contributed by atoms with Gasteiger partial charge in [-0.1, -0.05) is 29.3 Å². The van der Waals surface area contributed by atoms with E-state index in [1.807, 2.05) is 0 Å². The first-order chi connectivity index (χ1) is 8.06.